The van der Waals surface area contributed by atoms with Crippen LogP contribution in [0.15, 0.2) is 28.3 Å². The zero-order chi connectivity index (χ0) is 12.8. The van der Waals surface area contributed by atoms with Crippen molar-refractivity contribution >= 4 is 38.9 Å². The van der Waals surface area contributed by atoms with E-state index >= 15 is 0 Å². The van der Waals surface area contributed by atoms with Crippen molar-refractivity contribution in [3.05, 3.63) is 33.2 Å². The van der Waals surface area contributed by atoms with Crippen LogP contribution in [0.4, 0.5) is 11.6 Å². The Balaban J connectivity index is 1.94. The van der Waals surface area contributed by atoms with E-state index in [0.717, 1.165) is 35.6 Å². The molecule has 2 aromatic heterocycles. The average Bonchev–Trinajstić information content (AvgIpc) is 2.87. The summed E-state index contributed by atoms with van der Waals surface area (Å²) in [4.78, 5) is 9.79. The molecule has 2 heterocycles. The van der Waals surface area contributed by atoms with Crippen molar-refractivity contribution in [2.75, 3.05) is 23.7 Å². The van der Waals surface area contributed by atoms with Crippen LogP contribution in [0.1, 0.15) is 11.8 Å². The molecule has 4 nitrogen and oxygen atoms in total. The van der Waals surface area contributed by atoms with Gasteiger partial charge in [0, 0.05) is 18.0 Å². The number of thiophene rings is 1. The SMILES string of the molecule is CCNc1ncnc(NCCc2cccs2)c1Br. The Kier molecular flexibility index (Phi) is 4.95. The third-order valence-electron chi connectivity index (χ3n) is 2.38. The van der Waals surface area contributed by atoms with Crippen molar-refractivity contribution in [1.82, 2.24) is 9.97 Å². The molecule has 0 bridgehead atoms. The highest BCUT2D eigenvalue weighted by atomic mass is 79.9. The second kappa shape index (κ2) is 6.70. The van der Waals surface area contributed by atoms with E-state index in [2.05, 4.69) is 54.0 Å². The second-order valence-electron chi connectivity index (χ2n) is 3.67. The van der Waals surface area contributed by atoms with E-state index in [9.17, 15) is 0 Å². The van der Waals surface area contributed by atoms with Gasteiger partial charge in [0.15, 0.2) is 0 Å². The van der Waals surface area contributed by atoms with Crippen LogP contribution in [-0.4, -0.2) is 23.1 Å². The zero-order valence-corrected chi connectivity index (χ0v) is 12.5. The molecule has 0 aliphatic heterocycles. The second-order valence-corrected chi connectivity index (χ2v) is 5.50. The van der Waals surface area contributed by atoms with Crippen molar-refractivity contribution in [2.45, 2.75) is 13.3 Å². The van der Waals surface area contributed by atoms with Crippen molar-refractivity contribution in [2.24, 2.45) is 0 Å². The van der Waals surface area contributed by atoms with Crippen LogP contribution in [0.25, 0.3) is 0 Å². The van der Waals surface area contributed by atoms with E-state index < -0.39 is 0 Å². The molecule has 0 aliphatic rings. The van der Waals surface area contributed by atoms with Crippen molar-refractivity contribution in [1.29, 1.82) is 0 Å². The van der Waals surface area contributed by atoms with Gasteiger partial charge < -0.3 is 10.6 Å². The van der Waals surface area contributed by atoms with E-state index in [-0.39, 0.29) is 0 Å². The molecule has 6 heteroatoms. The molecule has 0 spiro atoms. The molecule has 0 radical (unpaired) electrons. The minimum atomic E-state index is 0.825. The van der Waals surface area contributed by atoms with Crippen LogP contribution >= 0.6 is 27.3 Å². The van der Waals surface area contributed by atoms with Crippen LogP contribution < -0.4 is 10.6 Å². The summed E-state index contributed by atoms with van der Waals surface area (Å²) in [6.45, 7) is 3.74. The van der Waals surface area contributed by atoms with Crippen LogP contribution in [-0.2, 0) is 6.42 Å². The Labute approximate surface area is 119 Å². The average molecular weight is 327 g/mol. The molecule has 0 unspecified atom stereocenters. The fourth-order valence-corrected chi connectivity index (χ4v) is 2.74. The van der Waals surface area contributed by atoms with Crippen LogP contribution in [0.2, 0.25) is 0 Å². The number of rotatable bonds is 6. The minimum Gasteiger partial charge on any atom is -0.369 e. The Morgan fingerprint density at radius 1 is 1.28 bits per heavy atom. The quantitative estimate of drug-likeness (QED) is 0.854. The number of hydrogen-bond donors (Lipinski definition) is 2. The molecule has 96 valence electrons. The van der Waals surface area contributed by atoms with Gasteiger partial charge in [0.05, 0.1) is 0 Å². The summed E-state index contributed by atoms with van der Waals surface area (Å²) in [6, 6.07) is 4.22. The van der Waals surface area contributed by atoms with Gasteiger partial charge in [0.1, 0.15) is 22.4 Å². The predicted octanol–water partition coefficient (Wildman–Crippen LogP) is 3.39. The lowest BCUT2D eigenvalue weighted by Crippen LogP contribution is -2.08. The van der Waals surface area contributed by atoms with Crippen molar-refractivity contribution in [3.63, 3.8) is 0 Å². The van der Waals surface area contributed by atoms with Gasteiger partial charge in [-0.05, 0) is 40.7 Å². The normalized spacial score (nSPS) is 10.3. The van der Waals surface area contributed by atoms with E-state index in [1.165, 1.54) is 4.88 Å². The number of aromatic nitrogens is 2. The Morgan fingerprint density at radius 2 is 2.06 bits per heavy atom. The summed E-state index contributed by atoms with van der Waals surface area (Å²) in [5.74, 6) is 1.66. The van der Waals surface area contributed by atoms with Gasteiger partial charge in [-0.1, -0.05) is 6.07 Å². The molecule has 0 fully saturated rings. The summed E-state index contributed by atoms with van der Waals surface area (Å²) in [6.07, 6.45) is 2.57. The maximum absolute atomic E-state index is 4.23. The summed E-state index contributed by atoms with van der Waals surface area (Å²) >= 11 is 5.29. The van der Waals surface area contributed by atoms with E-state index in [0.29, 0.717) is 0 Å². The maximum atomic E-state index is 4.23. The first-order valence-corrected chi connectivity index (χ1v) is 7.49. The number of nitrogens with one attached hydrogen (secondary N) is 2. The molecule has 0 amide bonds. The summed E-state index contributed by atoms with van der Waals surface area (Å²) in [5.41, 5.74) is 0. The first-order valence-electron chi connectivity index (χ1n) is 5.82. The van der Waals surface area contributed by atoms with Crippen LogP contribution in [0.5, 0.6) is 0 Å². The summed E-state index contributed by atoms with van der Waals surface area (Å²) in [5, 5.41) is 8.60. The molecule has 0 atom stereocenters. The van der Waals surface area contributed by atoms with Crippen LogP contribution in [0.3, 0.4) is 0 Å². The summed E-state index contributed by atoms with van der Waals surface area (Å²) in [7, 11) is 0. The highest BCUT2D eigenvalue weighted by Crippen LogP contribution is 2.26. The van der Waals surface area contributed by atoms with Crippen molar-refractivity contribution < 1.29 is 0 Å². The molecule has 2 aromatic rings. The molecular formula is C12H15BrN4S. The fourth-order valence-electron chi connectivity index (χ4n) is 1.54. The van der Waals surface area contributed by atoms with Gasteiger partial charge in [-0.2, -0.15) is 0 Å². The lowest BCUT2D eigenvalue weighted by molar-refractivity contribution is 1.01. The molecular weight excluding hydrogens is 312 g/mol. The highest BCUT2D eigenvalue weighted by molar-refractivity contribution is 9.10. The van der Waals surface area contributed by atoms with E-state index in [1.54, 1.807) is 17.7 Å². The molecule has 0 aliphatic carbocycles. The highest BCUT2D eigenvalue weighted by Gasteiger charge is 2.07. The molecule has 0 saturated heterocycles. The van der Waals surface area contributed by atoms with Crippen molar-refractivity contribution in [3.8, 4) is 0 Å². The largest absolute Gasteiger partial charge is 0.369 e. The Bertz CT molecular complexity index is 487. The number of nitrogens with zero attached hydrogens (tertiary/aromatic N) is 2. The number of halogens is 1. The maximum Gasteiger partial charge on any atom is 0.145 e. The monoisotopic (exact) mass is 326 g/mol. The smallest absolute Gasteiger partial charge is 0.145 e. The van der Waals surface area contributed by atoms with Gasteiger partial charge in [-0.15, -0.1) is 11.3 Å². The molecule has 2 rings (SSSR count). The Hall–Kier alpha value is -1.14. The lowest BCUT2D eigenvalue weighted by Gasteiger charge is -2.10. The summed E-state index contributed by atoms with van der Waals surface area (Å²) < 4.78 is 0.887. The predicted molar refractivity (Wildman–Crippen MR) is 80.4 cm³/mol. The third kappa shape index (κ3) is 3.43. The fraction of sp³-hybridized carbons (Fsp3) is 0.333. The van der Waals surface area contributed by atoms with Gasteiger partial charge in [0.25, 0.3) is 0 Å². The molecule has 18 heavy (non-hydrogen) atoms. The zero-order valence-electron chi connectivity index (χ0n) is 10.1. The minimum absolute atomic E-state index is 0.825. The Morgan fingerprint density at radius 3 is 2.72 bits per heavy atom. The molecule has 2 N–H and O–H groups in total. The third-order valence-corrected chi connectivity index (χ3v) is 4.06. The molecule has 0 saturated carbocycles. The van der Waals surface area contributed by atoms with Crippen LogP contribution in [0, 0.1) is 0 Å². The molecule has 0 aromatic carbocycles. The van der Waals surface area contributed by atoms with Gasteiger partial charge in [-0.3, -0.25) is 0 Å². The lowest BCUT2D eigenvalue weighted by atomic mass is 10.3. The topological polar surface area (TPSA) is 49.8 Å². The first-order chi connectivity index (χ1) is 8.81. The number of hydrogen-bond acceptors (Lipinski definition) is 5. The number of anilines is 2. The van der Waals surface area contributed by atoms with Gasteiger partial charge in [-0.25, -0.2) is 9.97 Å². The van der Waals surface area contributed by atoms with E-state index in [4.69, 9.17) is 0 Å². The standard InChI is InChI=1S/C12H15BrN4S/c1-2-14-11-10(13)12(17-8-16-11)15-6-5-9-4-3-7-18-9/h3-4,7-8H,2,5-6H2,1H3,(H2,14,15,16,17). The van der Waals surface area contributed by atoms with E-state index in [1.807, 2.05) is 6.92 Å². The van der Waals surface area contributed by atoms with Gasteiger partial charge >= 0.3 is 0 Å². The first kappa shape index (κ1) is 13.3. The van der Waals surface area contributed by atoms with Gasteiger partial charge in [0.2, 0.25) is 0 Å².